The summed E-state index contributed by atoms with van der Waals surface area (Å²) in [6, 6.07) is 0. The molecular formula is C19H28N2O2. The summed E-state index contributed by atoms with van der Waals surface area (Å²) in [6.07, 6.45) is 2.57. The SMILES string of the molecule is Cc1c(C(=O)N2C[C@@H](C)C[C@H](C)C2)[nH]c2c1C(=O)CC(C)(C)C2. The first-order valence-corrected chi connectivity index (χ1v) is 8.72. The minimum atomic E-state index is -0.0319. The zero-order valence-electron chi connectivity index (χ0n) is 15.0. The quantitative estimate of drug-likeness (QED) is 0.860. The number of amides is 1. The van der Waals surface area contributed by atoms with Gasteiger partial charge in [0.15, 0.2) is 5.78 Å². The lowest BCUT2D eigenvalue weighted by molar-refractivity contribution is 0.0617. The van der Waals surface area contributed by atoms with Gasteiger partial charge in [0, 0.05) is 30.8 Å². The summed E-state index contributed by atoms with van der Waals surface area (Å²) in [5.74, 6) is 1.30. The highest BCUT2D eigenvalue weighted by molar-refractivity contribution is 6.04. The first-order valence-electron chi connectivity index (χ1n) is 8.72. The van der Waals surface area contributed by atoms with Crippen LogP contribution in [-0.4, -0.2) is 34.7 Å². The van der Waals surface area contributed by atoms with Gasteiger partial charge < -0.3 is 9.88 Å². The van der Waals surface area contributed by atoms with Crippen molar-refractivity contribution in [1.82, 2.24) is 9.88 Å². The molecule has 4 heteroatoms. The van der Waals surface area contributed by atoms with Crippen LogP contribution in [0.25, 0.3) is 0 Å². The van der Waals surface area contributed by atoms with Crippen molar-refractivity contribution in [2.75, 3.05) is 13.1 Å². The predicted molar refractivity (Wildman–Crippen MR) is 90.8 cm³/mol. The molecule has 1 N–H and O–H groups in total. The van der Waals surface area contributed by atoms with E-state index in [-0.39, 0.29) is 17.1 Å². The van der Waals surface area contributed by atoms with Crippen LogP contribution >= 0.6 is 0 Å². The van der Waals surface area contributed by atoms with Gasteiger partial charge in [-0.1, -0.05) is 27.7 Å². The van der Waals surface area contributed by atoms with Gasteiger partial charge in [0.2, 0.25) is 0 Å². The van der Waals surface area contributed by atoms with Crippen LogP contribution in [-0.2, 0) is 6.42 Å². The summed E-state index contributed by atoms with van der Waals surface area (Å²) < 4.78 is 0. The number of likely N-dealkylation sites (tertiary alicyclic amines) is 1. The molecule has 0 saturated carbocycles. The summed E-state index contributed by atoms with van der Waals surface area (Å²) in [5, 5.41) is 0. The molecule has 0 aromatic carbocycles. The van der Waals surface area contributed by atoms with E-state index in [9.17, 15) is 9.59 Å². The van der Waals surface area contributed by atoms with E-state index < -0.39 is 0 Å². The zero-order chi connectivity index (χ0) is 16.9. The number of fused-ring (bicyclic) bond motifs is 1. The molecular weight excluding hydrogens is 288 g/mol. The van der Waals surface area contributed by atoms with E-state index in [0.29, 0.717) is 24.0 Å². The molecule has 2 atom stereocenters. The predicted octanol–water partition coefficient (Wildman–Crippen LogP) is 3.60. The number of ketones is 1. The molecule has 1 aromatic rings. The van der Waals surface area contributed by atoms with Gasteiger partial charge in [-0.15, -0.1) is 0 Å². The highest BCUT2D eigenvalue weighted by Gasteiger charge is 2.36. The number of nitrogens with one attached hydrogen (secondary N) is 1. The maximum Gasteiger partial charge on any atom is 0.270 e. The van der Waals surface area contributed by atoms with E-state index in [0.717, 1.165) is 36.3 Å². The molecule has 1 fully saturated rings. The Morgan fingerprint density at radius 3 is 2.39 bits per heavy atom. The van der Waals surface area contributed by atoms with Crippen LogP contribution < -0.4 is 0 Å². The normalized spacial score (nSPS) is 27.0. The Hall–Kier alpha value is -1.58. The lowest BCUT2D eigenvalue weighted by Crippen LogP contribution is -2.42. The van der Waals surface area contributed by atoms with Crippen LogP contribution in [0, 0.1) is 24.2 Å². The Kier molecular flexibility index (Phi) is 3.89. The Morgan fingerprint density at radius 1 is 1.17 bits per heavy atom. The van der Waals surface area contributed by atoms with Crippen LogP contribution in [0.3, 0.4) is 0 Å². The molecule has 1 aliphatic heterocycles. The number of H-pyrrole nitrogens is 1. The summed E-state index contributed by atoms with van der Waals surface area (Å²) in [6.45, 7) is 12.2. The van der Waals surface area contributed by atoms with Crippen molar-refractivity contribution in [3.63, 3.8) is 0 Å². The van der Waals surface area contributed by atoms with Crippen molar-refractivity contribution >= 4 is 11.7 Å². The minimum absolute atomic E-state index is 0.0319. The molecule has 0 bridgehead atoms. The number of carbonyl (C=O) groups is 2. The lowest BCUT2D eigenvalue weighted by Gasteiger charge is -2.34. The van der Waals surface area contributed by atoms with E-state index in [2.05, 4.69) is 32.7 Å². The first kappa shape index (κ1) is 16.3. The fourth-order valence-corrected chi connectivity index (χ4v) is 4.43. The van der Waals surface area contributed by atoms with Gasteiger partial charge in [-0.2, -0.15) is 0 Å². The van der Waals surface area contributed by atoms with Gasteiger partial charge in [-0.25, -0.2) is 0 Å². The zero-order valence-corrected chi connectivity index (χ0v) is 15.0. The molecule has 0 unspecified atom stereocenters. The van der Waals surface area contributed by atoms with Gasteiger partial charge in [-0.05, 0) is 42.6 Å². The number of hydrogen-bond donors (Lipinski definition) is 1. The van der Waals surface area contributed by atoms with Gasteiger partial charge in [-0.3, -0.25) is 9.59 Å². The van der Waals surface area contributed by atoms with Gasteiger partial charge in [0.05, 0.1) is 0 Å². The monoisotopic (exact) mass is 316 g/mol. The molecule has 0 spiro atoms. The fraction of sp³-hybridized carbons (Fsp3) is 0.684. The molecule has 1 amide bonds. The highest BCUT2D eigenvalue weighted by Crippen LogP contribution is 2.37. The van der Waals surface area contributed by atoms with Crippen LogP contribution in [0.5, 0.6) is 0 Å². The minimum Gasteiger partial charge on any atom is -0.354 e. The Morgan fingerprint density at radius 2 is 1.78 bits per heavy atom. The molecule has 126 valence electrons. The van der Waals surface area contributed by atoms with Gasteiger partial charge in [0.1, 0.15) is 5.69 Å². The van der Waals surface area contributed by atoms with Gasteiger partial charge in [0.25, 0.3) is 5.91 Å². The molecule has 0 radical (unpaired) electrons. The standard InChI is InChI=1S/C19H28N2O2/c1-11-6-12(2)10-21(9-11)18(23)17-13(3)16-14(20-17)7-19(4,5)8-15(16)22/h11-12,20H,6-10H2,1-5H3/t11-,12-/m0/s1. The topological polar surface area (TPSA) is 53.2 Å². The second-order valence-corrected chi connectivity index (χ2v) is 8.58. The van der Waals surface area contributed by atoms with Crippen LogP contribution in [0.15, 0.2) is 0 Å². The van der Waals surface area contributed by atoms with E-state index in [1.54, 1.807) is 0 Å². The third-order valence-electron chi connectivity index (χ3n) is 5.27. The molecule has 1 saturated heterocycles. The molecule has 2 heterocycles. The summed E-state index contributed by atoms with van der Waals surface area (Å²) in [5.41, 5.74) is 3.16. The highest BCUT2D eigenvalue weighted by atomic mass is 16.2. The van der Waals surface area contributed by atoms with Crippen molar-refractivity contribution in [3.05, 3.63) is 22.5 Å². The third kappa shape index (κ3) is 2.96. The smallest absolute Gasteiger partial charge is 0.270 e. The Bertz CT molecular complexity index is 647. The first-order chi connectivity index (χ1) is 10.7. The van der Waals surface area contributed by atoms with Crippen LogP contribution in [0.1, 0.15) is 72.6 Å². The van der Waals surface area contributed by atoms with Crippen molar-refractivity contribution < 1.29 is 9.59 Å². The Balaban J connectivity index is 1.93. The number of carbonyl (C=O) groups excluding carboxylic acids is 2. The maximum absolute atomic E-state index is 13.0. The molecule has 4 nitrogen and oxygen atoms in total. The maximum atomic E-state index is 13.0. The molecule has 23 heavy (non-hydrogen) atoms. The van der Waals surface area contributed by atoms with E-state index in [1.165, 1.54) is 6.42 Å². The number of rotatable bonds is 1. The van der Waals surface area contributed by atoms with Crippen molar-refractivity contribution in [2.24, 2.45) is 17.3 Å². The van der Waals surface area contributed by atoms with E-state index in [1.807, 2.05) is 11.8 Å². The fourth-order valence-electron chi connectivity index (χ4n) is 4.43. The molecule has 2 aliphatic rings. The van der Waals surface area contributed by atoms with Gasteiger partial charge >= 0.3 is 0 Å². The van der Waals surface area contributed by atoms with Crippen molar-refractivity contribution in [3.8, 4) is 0 Å². The Labute approximate surface area is 138 Å². The number of hydrogen-bond acceptors (Lipinski definition) is 2. The van der Waals surface area contributed by atoms with Crippen molar-refractivity contribution in [1.29, 1.82) is 0 Å². The number of Topliss-reactive ketones (excluding diaryl/α,β-unsaturated/α-hetero) is 1. The number of nitrogens with zero attached hydrogens (tertiary/aromatic N) is 1. The molecule has 3 rings (SSSR count). The average molecular weight is 316 g/mol. The molecule has 1 aromatic heterocycles. The summed E-state index contributed by atoms with van der Waals surface area (Å²) in [7, 11) is 0. The summed E-state index contributed by atoms with van der Waals surface area (Å²) >= 11 is 0. The van der Waals surface area contributed by atoms with E-state index >= 15 is 0 Å². The van der Waals surface area contributed by atoms with Crippen molar-refractivity contribution in [2.45, 2.75) is 53.9 Å². The summed E-state index contributed by atoms with van der Waals surface area (Å²) in [4.78, 5) is 30.7. The lowest BCUT2D eigenvalue weighted by atomic mass is 9.75. The molecule has 1 aliphatic carbocycles. The third-order valence-corrected chi connectivity index (χ3v) is 5.27. The number of aromatic nitrogens is 1. The second kappa shape index (κ2) is 5.50. The van der Waals surface area contributed by atoms with Crippen LogP contribution in [0.2, 0.25) is 0 Å². The van der Waals surface area contributed by atoms with E-state index in [4.69, 9.17) is 0 Å². The average Bonchev–Trinajstić information content (AvgIpc) is 2.72. The largest absolute Gasteiger partial charge is 0.354 e. The number of piperidine rings is 1. The number of aromatic amines is 1. The second-order valence-electron chi connectivity index (χ2n) is 8.58. The van der Waals surface area contributed by atoms with Crippen LogP contribution in [0.4, 0.5) is 0 Å².